The second-order valence-electron chi connectivity index (χ2n) is 7.74. The molecular weight excluding hydrogens is 419 g/mol. The Morgan fingerprint density at radius 3 is 2.54 bits per heavy atom. The molecule has 0 aromatic carbocycles. The van der Waals surface area contributed by atoms with Crippen LogP contribution >= 0.6 is 24.0 Å². The summed E-state index contributed by atoms with van der Waals surface area (Å²) in [6.07, 6.45) is 4.19. The molecule has 24 heavy (non-hydrogen) atoms. The molecule has 2 N–H and O–H groups in total. The fourth-order valence-corrected chi connectivity index (χ4v) is 2.88. The van der Waals surface area contributed by atoms with Crippen molar-refractivity contribution in [2.75, 3.05) is 20.1 Å². The van der Waals surface area contributed by atoms with Crippen LogP contribution in [0.1, 0.15) is 53.4 Å². The minimum atomic E-state index is -0.452. The lowest BCUT2D eigenvalue weighted by Crippen LogP contribution is -2.52. The summed E-state index contributed by atoms with van der Waals surface area (Å²) in [5.41, 5.74) is -0.452. The lowest BCUT2D eigenvalue weighted by atomic mass is 10.0. The summed E-state index contributed by atoms with van der Waals surface area (Å²) in [7, 11) is 1.79. The standard InChI is InChI=1S/C17H32N4O2.HI/c1-12-10-14(12)20-15(18-5)19-11-13-8-6-7-9-21(13)16(22)23-17(2,3)4;/h12-14H,6-11H2,1-5H3,(H2,18,19,20);1H. The van der Waals surface area contributed by atoms with E-state index in [1.807, 2.05) is 25.7 Å². The van der Waals surface area contributed by atoms with Gasteiger partial charge in [-0.3, -0.25) is 4.99 Å². The second-order valence-corrected chi connectivity index (χ2v) is 7.74. The van der Waals surface area contributed by atoms with Crippen LogP contribution in [0.4, 0.5) is 4.79 Å². The number of nitrogens with one attached hydrogen (secondary N) is 2. The zero-order valence-electron chi connectivity index (χ0n) is 15.6. The van der Waals surface area contributed by atoms with Crippen LogP contribution in [0.25, 0.3) is 0 Å². The Morgan fingerprint density at radius 1 is 1.33 bits per heavy atom. The number of aliphatic imine (C=N–C) groups is 1. The Labute approximate surface area is 163 Å². The average molecular weight is 452 g/mol. The number of piperidine rings is 1. The van der Waals surface area contributed by atoms with Gasteiger partial charge in [-0.15, -0.1) is 24.0 Å². The number of carbonyl (C=O) groups excluding carboxylic acids is 1. The number of hydrogen-bond donors (Lipinski definition) is 2. The van der Waals surface area contributed by atoms with Crippen molar-refractivity contribution in [2.45, 2.75) is 71.1 Å². The molecule has 140 valence electrons. The Hall–Kier alpha value is -0.730. The predicted octanol–water partition coefficient (Wildman–Crippen LogP) is 2.97. The maximum absolute atomic E-state index is 12.4. The zero-order valence-corrected chi connectivity index (χ0v) is 17.9. The van der Waals surface area contributed by atoms with E-state index in [0.29, 0.717) is 12.6 Å². The SMILES string of the molecule is CN=C(NCC1CCCCN1C(=O)OC(C)(C)C)NC1CC1C.I. The highest BCUT2D eigenvalue weighted by Gasteiger charge is 2.34. The number of halogens is 1. The summed E-state index contributed by atoms with van der Waals surface area (Å²) in [5, 5.41) is 6.78. The van der Waals surface area contributed by atoms with Crippen molar-refractivity contribution in [3.05, 3.63) is 0 Å². The van der Waals surface area contributed by atoms with Crippen molar-refractivity contribution in [3.63, 3.8) is 0 Å². The van der Waals surface area contributed by atoms with Gasteiger partial charge < -0.3 is 20.3 Å². The molecule has 0 spiro atoms. The third-order valence-corrected chi connectivity index (χ3v) is 4.42. The number of hydrogen-bond acceptors (Lipinski definition) is 3. The lowest BCUT2D eigenvalue weighted by molar-refractivity contribution is 0.0104. The predicted molar refractivity (Wildman–Crippen MR) is 108 cm³/mol. The minimum Gasteiger partial charge on any atom is -0.444 e. The first-order valence-electron chi connectivity index (χ1n) is 8.77. The molecule has 0 aromatic rings. The molecule has 0 bridgehead atoms. The molecule has 1 aliphatic carbocycles. The second kappa shape index (κ2) is 9.10. The maximum atomic E-state index is 12.4. The molecule has 0 radical (unpaired) electrons. The fraction of sp³-hybridized carbons (Fsp3) is 0.882. The summed E-state index contributed by atoms with van der Waals surface area (Å²) in [5.74, 6) is 1.55. The number of ether oxygens (including phenoxy) is 1. The summed E-state index contributed by atoms with van der Waals surface area (Å²) in [6, 6.07) is 0.697. The zero-order chi connectivity index (χ0) is 17.0. The molecule has 1 amide bonds. The van der Waals surface area contributed by atoms with Gasteiger partial charge in [0.25, 0.3) is 0 Å². The highest BCUT2D eigenvalue weighted by Crippen LogP contribution is 2.28. The quantitative estimate of drug-likeness (QED) is 0.393. The highest BCUT2D eigenvalue weighted by molar-refractivity contribution is 14.0. The molecular formula is C17H33IN4O2. The molecule has 1 saturated heterocycles. The average Bonchev–Trinajstić information content (AvgIpc) is 3.17. The molecule has 0 aromatic heterocycles. The molecule has 3 atom stereocenters. The van der Waals surface area contributed by atoms with Crippen LogP contribution in [-0.4, -0.2) is 54.8 Å². The molecule has 3 unspecified atom stereocenters. The first-order valence-corrected chi connectivity index (χ1v) is 8.77. The van der Waals surface area contributed by atoms with Crippen molar-refractivity contribution in [1.29, 1.82) is 0 Å². The van der Waals surface area contributed by atoms with E-state index in [0.717, 1.165) is 37.7 Å². The van der Waals surface area contributed by atoms with Gasteiger partial charge in [-0.1, -0.05) is 6.92 Å². The van der Waals surface area contributed by atoms with Gasteiger partial charge in [-0.2, -0.15) is 0 Å². The van der Waals surface area contributed by atoms with Crippen molar-refractivity contribution < 1.29 is 9.53 Å². The first-order chi connectivity index (χ1) is 10.8. The van der Waals surface area contributed by atoms with Crippen LogP contribution in [0, 0.1) is 5.92 Å². The van der Waals surface area contributed by atoms with E-state index < -0.39 is 5.60 Å². The molecule has 1 heterocycles. The molecule has 2 fully saturated rings. The van der Waals surface area contributed by atoms with Crippen molar-refractivity contribution in [1.82, 2.24) is 15.5 Å². The largest absolute Gasteiger partial charge is 0.444 e. The summed E-state index contributed by atoms with van der Waals surface area (Å²) in [6.45, 7) is 9.43. The summed E-state index contributed by atoms with van der Waals surface area (Å²) in [4.78, 5) is 18.5. The van der Waals surface area contributed by atoms with Crippen LogP contribution in [0.5, 0.6) is 0 Å². The van der Waals surface area contributed by atoms with E-state index in [1.165, 1.54) is 6.42 Å². The van der Waals surface area contributed by atoms with Crippen LogP contribution in [-0.2, 0) is 4.74 Å². The van der Waals surface area contributed by atoms with Crippen molar-refractivity contribution in [3.8, 4) is 0 Å². The van der Waals surface area contributed by atoms with Gasteiger partial charge in [0.05, 0.1) is 6.04 Å². The van der Waals surface area contributed by atoms with Crippen molar-refractivity contribution in [2.24, 2.45) is 10.9 Å². The van der Waals surface area contributed by atoms with Crippen LogP contribution in [0.2, 0.25) is 0 Å². The molecule has 2 aliphatic rings. The summed E-state index contributed by atoms with van der Waals surface area (Å²) >= 11 is 0. The van der Waals surface area contributed by atoms with Gasteiger partial charge in [0.1, 0.15) is 5.60 Å². The van der Waals surface area contributed by atoms with E-state index in [-0.39, 0.29) is 36.1 Å². The monoisotopic (exact) mass is 452 g/mol. The maximum Gasteiger partial charge on any atom is 0.410 e. The molecule has 7 heteroatoms. The smallest absolute Gasteiger partial charge is 0.410 e. The van der Waals surface area contributed by atoms with Crippen LogP contribution in [0.15, 0.2) is 4.99 Å². The summed E-state index contributed by atoms with van der Waals surface area (Å²) < 4.78 is 5.54. The topological polar surface area (TPSA) is 66.0 Å². The van der Waals surface area contributed by atoms with Gasteiger partial charge >= 0.3 is 6.09 Å². The molecule has 2 rings (SSSR count). The third kappa shape index (κ3) is 6.64. The Morgan fingerprint density at radius 2 is 2.00 bits per heavy atom. The van der Waals surface area contributed by atoms with Crippen molar-refractivity contribution >= 4 is 36.0 Å². The van der Waals surface area contributed by atoms with Crippen LogP contribution in [0.3, 0.4) is 0 Å². The van der Waals surface area contributed by atoms with Gasteiger partial charge in [-0.25, -0.2) is 4.79 Å². The number of likely N-dealkylation sites (tertiary alicyclic amines) is 1. The van der Waals surface area contributed by atoms with E-state index in [2.05, 4.69) is 22.5 Å². The Bertz CT molecular complexity index is 450. The van der Waals surface area contributed by atoms with E-state index in [1.54, 1.807) is 7.05 Å². The van der Waals surface area contributed by atoms with Crippen LogP contribution < -0.4 is 10.6 Å². The minimum absolute atomic E-state index is 0. The van der Waals surface area contributed by atoms with Gasteiger partial charge in [0, 0.05) is 26.2 Å². The number of nitrogens with zero attached hydrogens (tertiary/aromatic N) is 2. The number of amides is 1. The first kappa shape index (κ1) is 21.3. The van der Waals surface area contributed by atoms with Gasteiger partial charge in [0.15, 0.2) is 5.96 Å². The van der Waals surface area contributed by atoms with E-state index in [4.69, 9.17) is 4.74 Å². The Kier molecular flexibility index (Phi) is 8.08. The fourth-order valence-electron chi connectivity index (χ4n) is 2.88. The van der Waals surface area contributed by atoms with Gasteiger partial charge in [-0.05, 0) is 52.4 Å². The molecule has 1 saturated carbocycles. The highest BCUT2D eigenvalue weighted by atomic mass is 127. The third-order valence-electron chi connectivity index (χ3n) is 4.42. The molecule has 1 aliphatic heterocycles. The van der Waals surface area contributed by atoms with E-state index in [9.17, 15) is 4.79 Å². The number of carbonyl (C=O) groups is 1. The normalized spacial score (nSPS) is 27.1. The number of rotatable bonds is 3. The van der Waals surface area contributed by atoms with E-state index >= 15 is 0 Å². The number of guanidine groups is 1. The van der Waals surface area contributed by atoms with Gasteiger partial charge in [0.2, 0.25) is 0 Å². The Balaban J connectivity index is 0.00000288. The molecule has 6 nitrogen and oxygen atoms in total. The lowest BCUT2D eigenvalue weighted by Gasteiger charge is -2.37.